The Bertz CT molecular complexity index is 648. The molecule has 32 heavy (non-hydrogen) atoms. The van der Waals surface area contributed by atoms with Crippen molar-refractivity contribution in [2.24, 2.45) is 11.3 Å². The van der Waals surface area contributed by atoms with Crippen LogP contribution in [0.4, 0.5) is 0 Å². The fourth-order valence-corrected chi connectivity index (χ4v) is 3.37. The molecule has 0 heterocycles. The average molecular weight is 449 g/mol. The molecule has 0 amide bonds. The van der Waals surface area contributed by atoms with Gasteiger partial charge in [-0.1, -0.05) is 56.7 Å². The van der Waals surface area contributed by atoms with E-state index in [2.05, 4.69) is 53.0 Å². The van der Waals surface area contributed by atoms with Crippen molar-refractivity contribution in [2.75, 3.05) is 0 Å². The number of allylic oxidation sites excluding steroid dienone is 5. The lowest BCUT2D eigenvalue weighted by Gasteiger charge is -2.31. The van der Waals surface area contributed by atoms with E-state index < -0.39 is 11.6 Å². The molecule has 4 nitrogen and oxygen atoms in total. The van der Waals surface area contributed by atoms with Gasteiger partial charge in [-0.3, -0.25) is 9.59 Å². The maximum absolute atomic E-state index is 11.4. The Morgan fingerprint density at radius 3 is 1.78 bits per heavy atom. The Kier molecular flexibility index (Phi) is 16.6. The van der Waals surface area contributed by atoms with Crippen molar-refractivity contribution in [1.29, 1.82) is 0 Å². The average Bonchev–Trinajstić information content (AvgIpc) is 2.68. The van der Waals surface area contributed by atoms with Gasteiger partial charge in [-0.2, -0.15) is 0 Å². The molecule has 0 aliphatic carbocycles. The van der Waals surface area contributed by atoms with E-state index in [1.807, 2.05) is 27.7 Å². The van der Waals surface area contributed by atoms with Crippen LogP contribution >= 0.6 is 0 Å². The smallest absolute Gasteiger partial charge is 0.307 e. The molecular formula is C28H48O4. The van der Waals surface area contributed by atoms with Crippen LogP contribution < -0.4 is 0 Å². The molecule has 1 N–H and O–H groups in total. The van der Waals surface area contributed by atoms with E-state index in [4.69, 9.17) is 4.74 Å². The maximum atomic E-state index is 11.4. The van der Waals surface area contributed by atoms with Gasteiger partial charge in [0.1, 0.15) is 5.60 Å². The highest BCUT2D eigenvalue weighted by molar-refractivity contribution is 5.71. The first kappa shape index (κ1) is 32.1. The number of aliphatic carboxylic acids is 1. The van der Waals surface area contributed by atoms with Gasteiger partial charge in [-0.05, 0) is 84.6 Å². The first-order chi connectivity index (χ1) is 14.8. The Labute approximate surface area is 197 Å². The molecule has 0 radical (unpaired) electrons. The lowest BCUT2D eigenvalue weighted by Crippen LogP contribution is -2.31. The van der Waals surface area contributed by atoms with Gasteiger partial charge in [0.25, 0.3) is 0 Å². The van der Waals surface area contributed by atoms with Crippen LogP contribution in [0.1, 0.15) is 100 Å². The zero-order valence-electron chi connectivity index (χ0n) is 21.9. The van der Waals surface area contributed by atoms with Crippen LogP contribution in [-0.2, 0) is 14.3 Å². The molecular weight excluding hydrogens is 400 g/mol. The Morgan fingerprint density at radius 2 is 1.44 bits per heavy atom. The zero-order chi connectivity index (χ0) is 25.4. The number of ether oxygens (including phenoxy) is 1. The minimum Gasteiger partial charge on any atom is -0.481 e. The molecule has 0 aliphatic heterocycles. The van der Waals surface area contributed by atoms with Crippen molar-refractivity contribution in [3.63, 3.8) is 0 Å². The van der Waals surface area contributed by atoms with Crippen LogP contribution in [0.25, 0.3) is 0 Å². The molecule has 0 fully saturated rings. The van der Waals surface area contributed by atoms with E-state index >= 15 is 0 Å². The molecule has 0 aliphatic rings. The van der Waals surface area contributed by atoms with Crippen molar-refractivity contribution < 1.29 is 19.4 Å². The molecule has 0 aromatic rings. The summed E-state index contributed by atoms with van der Waals surface area (Å²) < 4.78 is 5.42. The van der Waals surface area contributed by atoms with E-state index in [0.717, 1.165) is 32.1 Å². The van der Waals surface area contributed by atoms with E-state index in [0.29, 0.717) is 12.8 Å². The number of carbonyl (C=O) groups excluding carboxylic acids is 1. The van der Waals surface area contributed by atoms with Crippen LogP contribution in [0.3, 0.4) is 0 Å². The second-order valence-electron chi connectivity index (χ2n) is 9.39. The van der Waals surface area contributed by atoms with Crippen molar-refractivity contribution in [3.05, 3.63) is 48.6 Å². The highest BCUT2D eigenvalue weighted by Crippen LogP contribution is 2.36. The molecule has 0 rings (SSSR count). The third-order valence-corrected chi connectivity index (χ3v) is 5.63. The molecule has 0 aromatic heterocycles. The summed E-state index contributed by atoms with van der Waals surface area (Å²) in [6.45, 7) is 23.6. The van der Waals surface area contributed by atoms with Gasteiger partial charge < -0.3 is 9.84 Å². The summed E-state index contributed by atoms with van der Waals surface area (Å²) in [5.74, 6) is -1.19. The van der Waals surface area contributed by atoms with E-state index in [1.54, 1.807) is 12.2 Å². The van der Waals surface area contributed by atoms with Crippen molar-refractivity contribution in [3.8, 4) is 0 Å². The van der Waals surface area contributed by atoms with Gasteiger partial charge in [0, 0.05) is 6.42 Å². The van der Waals surface area contributed by atoms with Gasteiger partial charge in [0.05, 0.1) is 5.92 Å². The Hall–Kier alpha value is -2.10. The predicted octanol–water partition coefficient (Wildman–Crippen LogP) is 8.06. The van der Waals surface area contributed by atoms with Gasteiger partial charge in [0.15, 0.2) is 0 Å². The molecule has 0 spiro atoms. The van der Waals surface area contributed by atoms with Crippen LogP contribution in [0, 0.1) is 11.3 Å². The van der Waals surface area contributed by atoms with Gasteiger partial charge in [0.2, 0.25) is 0 Å². The number of carboxylic acid groups (broad SMARTS) is 1. The standard InChI is InChI=1S/2C14H24O2/c1-6-12(13(15)16)14(5,7-2)10-8-9-11(3)4;1-6-9-13(15)16-14(5,7-2)11-8-10-12(3)4/h7,9,12H,2,6,8,10H2,1,3-5H3,(H,15,16);7,10H,2,6,8-9,11H2,1,3-5H3. The summed E-state index contributed by atoms with van der Waals surface area (Å²) >= 11 is 0. The lowest BCUT2D eigenvalue weighted by atomic mass is 9.72. The molecule has 184 valence electrons. The Morgan fingerprint density at radius 1 is 0.938 bits per heavy atom. The molecule has 0 bridgehead atoms. The molecule has 3 atom stereocenters. The van der Waals surface area contributed by atoms with Gasteiger partial charge in [-0.15, -0.1) is 6.58 Å². The number of hydrogen-bond donors (Lipinski definition) is 1. The fraction of sp³-hybridized carbons (Fsp3) is 0.643. The quantitative estimate of drug-likeness (QED) is 0.216. The highest BCUT2D eigenvalue weighted by Gasteiger charge is 2.34. The lowest BCUT2D eigenvalue weighted by molar-refractivity contribution is -0.154. The van der Waals surface area contributed by atoms with Crippen molar-refractivity contribution in [2.45, 2.75) is 106 Å². The molecule has 0 saturated heterocycles. The Balaban J connectivity index is 0. The summed E-state index contributed by atoms with van der Waals surface area (Å²) in [4.78, 5) is 22.6. The fourth-order valence-electron chi connectivity index (χ4n) is 3.37. The number of rotatable bonds is 14. The number of carbonyl (C=O) groups is 2. The molecule has 0 saturated carbocycles. The molecule has 3 unspecified atom stereocenters. The molecule has 4 heteroatoms. The topological polar surface area (TPSA) is 63.6 Å². The third kappa shape index (κ3) is 14.1. The van der Waals surface area contributed by atoms with Crippen molar-refractivity contribution in [1.82, 2.24) is 0 Å². The largest absolute Gasteiger partial charge is 0.481 e. The minimum atomic E-state index is -0.720. The SMILES string of the molecule is C=CC(C)(CCC=C(C)C)C(CC)C(=O)O.C=CC(C)(CCC=C(C)C)OC(=O)CCC. The second kappa shape index (κ2) is 16.5. The van der Waals surface area contributed by atoms with Crippen LogP contribution in [0.2, 0.25) is 0 Å². The maximum Gasteiger partial charge on any atom is 0.307 e. The monoisotopic (exact) mass is 448 g/mol. The van der Waals surface area contributed by atoms with E-state index in [9.17, 15) is 14.7 Å². The van der Waals surface area contributed by atoms with E-state index in [-0.39, 0.29) is 17.3 Å². The zero-order valence-corrected chi connectivity index (χ0v) is 21.9. The summed E-state index contributed by atoms with van der Waals surface area (Å²) in [6, 6.07) is 0. The van der Waals surface area contributed by atoms with Crippen LogP contribution in [0.15, 0.2) is 48.6 Å². The second-order valence-corrected chi connectivity index (χ2v) is 9.39. The summed E-state index contributed by atoms with van der Waals surface area (Å²) in [7, 11) is 0. The first-order valence-electron chi connectivity index (χ1n) is 11.8. The first-order valence-corrected chi connectivity index (χ1v) is 11.8. The van der Waals surface area contributed by atoms with Crippen LogP contribution in [-0.4, -0.2) is 22.6 Å². The normalized spacial score (nSPS) is 14.9. The number of hydrogen-bond acceptors (Lipinski definition) is 3. The minimum absolute atomic E-state index is 0.137. The number of carboxylic acids is 1. The van der Waals surface area contributed by atoms with Gasteiger partial charge >= 0.3 is 11.9 Å². The predicted molar refractivity (Wildman–Crippen MR) is 137 cm³/mol. The number of esters is 1. The third-order valence-electron chi connectivity index (χ3n) is 5.63. The summed E-state index contributed by atoms with van der Waals surface area (Å²) in [5.41, 5.74) is 1.71. The highest BCUT2D eigenvalue weighted by atomic mass is 16.6. The van der Waals surface area contributed by atoms with Gasteiger partial charge in [-0.25, -0.2) is 0 Å². The summed E-state index contributed by atoms with van der Waals surface area (Å²) in [5, 5.41) is 9.19. The van der Waals surface area contributed by atoms with Crippen LogP contribution in [0.5, 0.6) is 0 Å². The van der Waals surface area contributed by atoms with E-state index in [1.165, 1.54) is 11.1 Å². The van der Waals surface area contributed by atoms with Crippen molar-refractivity contribution >= 4 is 11.9 Å². The summed E-state index contributed by atoms with van der Waals surface area (Å²) in [6.07, 6.45) is 13.2. The molecule has 0 aromatic carbocycles.